The van der Waals surface area contributed by atoms with Gasteiger partial charge in [-0.2, -0.15) is 0 Å². The Morgan fingerprint density at radius 3 is 2.83 bits per heavy atom. The van der Waals surface area contributed by atoms with Crippen LogP contribution >= 0.6 is 0 Å². The van der Waals surface area contributed by atoms with E-state index in [9.17, 15) is 14.5 Å². The van der Waals surface area contributed by atoms with Gasteiger partial charge in [-0.25, -0.2) is 4.39 Å². The Hall–Kier alpha value is -1.73. The molecule has 2 N–H and O–H groups in total. The van der Waals surface area contributed by atoms with E-state index in [1.807, 2.05) is 0 Å². The molecule has 1 aromatic rings. The minimum Gasteiger partial charge on any atom is -0.481 e. The number of halogens is 1. The fourth-order valence-corrected chi connectivity index (χ4v) is 1.95. The standard InChI is InChI=1S/C11H13FN2O4/c1-17-11-7(13)5-10(11)18-9-4-6(12)2-3-8(9)14(15)16/h2-4,7,10-11H,5,13H2,1H3. The first kappa shape index (κ1) is 12.7. The van der Waals surface area contributed by atoms with E-state index in [2.05, 4.69) is 0 Å². The number of nitrogens with two attached hydrogens (primary N) is 1. The molecule has 0 spiro atoms. The molecule has 98 valence electrons. The van der Waals surface area contributed by atoms with Crippen LogP contribution in [0.15, 0.2) is 18.2 Å². The van der Waals surface area contributed by atoms with Crippen LogP contribution in [0.5, 0.6) is 5.75 Å². The molecule has 1 aromatic carbocycles. The summed E-state index contributed by atoms with van der Waals surface area (Å²) in [6.45, 7) is 0. The Morgan fingerprint density at radius 1 is 1.56 bits per heavy atom. The molecule has 0 aliphatic heterocycles. The maximum atomic E-state index is 13.1. The molecule has 0 bridgehead atoms. The first-order valence-electron chi connectivity index (χ1n) is 5.42. The zero-order valence-corrected chi connectivity index (χ0v) is 9.71. The second-order valence-corrected chi connectivity index (χ2v) is 4.13. The smallest absolute Gasteiger partial charge is 0.311 e. The van der Waals surface area contributed by atoms with E-state index < -0.39 is 10.7 Å². The van der Waals surface area contributed by atoms with Crippen molar-refractivity contribution >= 4 is 5.69 Å². The summed E-state index contributed by atoms with van der Waals surface area (Å²) >= 11 is 0. The summed E-state index contributed by atoms with van der Waals surface area (Å²) < 4.78 is 23.6. The van der Waals surface area contributed by atoms with E-state index in [4.69, 9.17) is 15.2 Å². The number of hydrogen-bond acceptors (Lipinski definition) is 5. The molecule has 2 rings (SSSR count). The van der Waals surface area contributed by atoms with Gasteiger partial charge in [-0.3, -0.25) is 10.1 Å². The molecular weight excluding hydrogens is 243 g/mol. The molecule has 1 fully saturated rings. The number of rotatable bonds is 4. The number of nitro groups is 1. The van der Waals surface area contributed by atoms with Crippen molar-refractivity contribution < 1.29 is 18.8 Å². The maximum Gasteiger partial charge on any atom is 0.311 e. The van der Waals surface area contributed by atoms with Gasteiger partial charge < -0.3 is 15.2 Å². The monoisotopic (exact) mass is 256 g/mol. The van der Waals surface area contributed by atoms with Crippen molar-refractivity contribution in [1.29, 1.82) is 0 Å². The highest BCUT2D eigenvalue weighted by atomic mass is 19.1. The van der Waals surface area contributed by atoms with Gasteiger partial charge in [0.25, 0.3) is 0 Å². The fourth-order valence-electron chi connectivity index (χ4n) is 1.95. The highest BCUT2D eigenvalue weighted by molar-refractivity contribution is 5.46. The summed E-state index contributed by atoms with van der Waals surface area (Å²) in [5.41, 5.74) is 5.42. The quantitative estimate of drug-likeness (QED) is 0.646. The molecule has 18 heavy (non-hydrogen) atoms. The van der Waals surface area contributed by atoms with Gasteiger partial charge in [0.15, 0.2) is 5.75 Å². The lowest BCUT2D eigenvalue weighted by Gasteiger charge is -2.40. The number of nitro benzene ring substituents is 1. The normalized spacial score (nSPS) is 26.5. The van der Waals surface area contributed by atoms with Crippen LogP contribution in [0, 0.1) is 15.9 Å². The van der Waals surface area contributed by atoms with Gasteiger partial charge in [0.2, 0.25) is 0 Å². The second kappa shape index (κ2) is 4.87. The Balaban J connectivity index is 2.18. The predicted molar refractivity (Wildman–Crippen MR) is 60.9 cm³/mol. The van der Waals surface area contributed by atoms with Gasteiger partial charge >= 0.3 is 5.69 Å². The van der Waals surface area contributed by atoms with Crippen molar-refractivity contribution in [2.45, 2.75) is 24.7 Å². The fraction of sp³-hybridized carbons (Fsp3) is 0.455. The average Bonchev–Trinajstić information content (AvgIpc) is 2.28. The number of benzene rings is 1. The lowest BCUT2D eigenvalue weighted by molar-refractivity contribution is -0.386. The van der Waals surface area contributed by atoms with Crippen LogP contribution in [0.4, 0.5) is 10.1 Å². The maximum absolute atomic E-state index is 13.1. The average molecular weight is 256 g/mol. The van der Waals surface area contributed by atoms with Crippen LogP contribution in [-0.4, -0.2) is 30.3 Å². The largest absolute Gasteiger partial charge is 0.481 e. The van der Waals surface area contributed by atoms with Crippen molar-refractivity contribution in [2.75, 3.05) is 7.11 Å². The van der Waals surface area contributed by atoms with Crippen LogP contribution in [0.2, 0.25) is 0 Å². The minimum atomic E-state index is -0.616. The van der Waals surface area contributed by atoms with Crippen molar-refractivity contribution in [1.82, 2.24) is 0 Å². The molecule has 6 nitrogen and oxygen atoms in total. The van der Waals surface area contributed by atoms with Crippen LogP contribution in [0.1, 0.15) is 6.42 Å². The first-order chi connectivity index (χ1) is 8.52. The summed E-state index contributed by atoms with van der Waals surface area (Å²) in [5.74, 6) is -0.688. The molecule has 1 aliphatic carbocycles. The van der Waals surface area contributed by atoms with Crippen LogP contribution < -0.4 is 10.5 Å². The third-order valence-corrected chi connectivity index (χ3v) is 2.96. The van der Waals surface area contributed by atoms with Gasteiger partial charge in [-0.1, -0.05) is 0 Å². The predicted octanol–water partition coefficient (Wildman–Crippen LogP) is 1.23. The Bertz CT molecular complexity index is 468. The molecule has 0 radical (unpaired) electrons. The zero-order valence-electron chi connectivity index (χ0n) is 9.71. The highest BCUT2D eigenvalue weighted by Gasteiger charge is 2.41. The summed E-state index contributed by atoms with van der Waals surface area (Å²) in [6.07, 6.45) is -0.190. The third-order valence-electron chi connectivity index (χ3n) is 2.96. The van der Waals surface area contributed by atoms with Crippen molar-refractivity contribution in [2.24, 2.45) is 5.73 Å². The Kier molecular flexibility index (Phi) is 3.44. The van der Waals surface area contributed by atoms with Crippen LogP contribution in [-0.2, 0) is 4.74 Å². The van der Waals surface area contributed by atoms with E-state index in [0.29, 0.717) is 6.42 Å². The Morgan fingerprint density at radius 2 is 2.28 bits per heavy atom. The topological polar surface area (TPSA) is 87.6 Å². The second-order valence-electron chi connectivity index (χ2n) is 4.13. The van der Waals surface area contributed by atoms with Gasteiger partial charge in [-0.15, -0.1) is 0 Å². The lowest BCUT2D eigenvalue weighted by atomic mass is 9.86. The van der Waals surface area contributed by atoms with Crippen molar-refractivity contribution in [3.8, 4) is 5.75 Å². The van der Waals surface area contributed by atoms with E-state index >= 15 is 0 Å². The summed E-state index contributed by atoms with van der Waals surface area (Å²) in [7, 11) is 1.49. The highest BCUT2D eigenvalue weighted by Crippen LogP contribution is 2.33. The van der Waals surface area contributed by atoms with Crippen molar-refractivity contribution in [3.05, 3.63) is 34.1 Å². The SMILES string of the molecule is COC1C(N)CC1Oc1cc(F)ccc1[N+](=O)[O-]. The summed E-state index contributed by atoms with van der Waals surface area (Å²) in [5, 5.41) is 10.8. The van der Waals surface area contributed by atoms with Gasteiger partial charge in [0.1, 0.15) is 18.0 Å². The lowest BCUT2D eigenvalue weighted by Crippen LogP contribution is -2.59. The summed E-state index contributed by atoms with van der Waals surface area (Å²) in [6, 6.07) is 2.93. The molecule has 7 heteroatoms. The third kappa shape index (κ3) is 2.27. The Labute approximate surface area is 103 Å². The van der Waals surface area contributed by atoms with E-state index in [0.717, 1.165) is 18.2 Å². The number of nitrogens with zero attached hydrogens (tertiary/aromatic N) is 1. The first-order valence-corrected chi connectivity index (χ1v) is 5.42. The zero-order chi connectivity index (χ0) is 13.3. The summed E-state index contributed by atoms with van der Waals surface area (Å²) in [4.78, 5) is 10.2. The number of methoxy groups -OCH3 is 1. The molecule has 0 saturated heterocycles. The van der Waals surface area contributed by atoms with E-state index in [-0.39, 0.29) is 29.7 Å². The molecule has 1 saturated carbocycles. The number of ether oxygens (including phenoxy) is 2. The molecule has 0 heterocycles. The van der Waals surface area contributed by atoms with Crippen LogP contribution in [0.25, 0.3) is 0 Å². The van der Waals surface area contributed by atoms with Gasteiger partial charge in [0, 0.05) is 31.7 Å². The number of hydrogen-bond donors (Lipinski definition) is 1. The molecular formula is C11H13FN2O4. The molecule has 1 aliphatic rings. The van der Waals surface area contributed by atoms with Gasteiger partial charge in [0.05, 0.1) is 4.92 Å². The minimum absolute atomic E-state index is 0.0982. The van der Waals surface area contributed by atoms with Crippen molar-refractivity contribution in [3.63, 3.8) is 0 Å². The van der Waals surface area contributed by atoms with Crippen LogP contribution in [0.3, 0.4) is 0 Å². The molecule has 3 unspecified atom stereocenters. The molecule has 0 aromatic heterocycles. The van der Waals surface area contributed by atoms with E-state index in [1.165, 1.54) is 7.11 Å². The van der Waals surface area contributed by atoms with E-state index in [1.54, 1.807) is 0 Å². The van der Waals surface area contributed by atoms with Gasteiger partial charge in [-0.05, 0) is 6.07 Å². The molecule has 3 atom stereocenters. The molecule has 0 amide bonds.